The van der Waals surface area contributed by atoms with Crippen molar-refractivity contribution in [2.45, 2.75) is 6.92 Å². The number of hydrogen-bond donors (Lipinski definition) is 0. The molecule has 0 N–H and O–H groups in total. The molecule has 21 heavy (non-hydrogen) atoms. The summed E-state index contributed by atoms with van der Waals surface area (Å²) in [5.74, 6) is 0.0770. The summed E-state index contributed by atoms with van der Waals surface area (Å²) in [6.07, 6.45) is 0. The lowest BCUT2D eigenvalue weighted by Crippen LogP contribution is -2.08. The number of carbonyl (C=O) groups excluding carboxylic acids is 1. The van der Waals surface area contributed by atoms with Crippen molar-refractivity contribution in [1.82, 2.24) is 4.98 Å². The fourth-order valence-corrected chi connectivity index (χ4v) is 2.90. The van der Waals surface area contributed by atoms with Crippen molar-refractivity contribution in [3.05, 3.63) is 60.7 Å². The van der Waals surface area contributed by atoms with Crippen molar-refractivity contribution in [2.75, 3.05) is 0 Å². The van der Waals surface area contributed by atoms with Gasteiger partial charge < -0.3 is 4.74 Å². The second kappa shape index (κ2) is 5.50. The molecule has 0 unspecified atom stereocenters. The standard InChI is InChI=1S/C17H13NO2S/c1-11(2)17(19)20-14-9-5-3-7-12(14)16-18-13-8-4-6-10-15(13)21-16/h3-10H,1H2,2H3. The third kappa shape index (κ3) is 2.71. The van der Waals surface area contributed by atoms with Gasteiger partial charge in [0.1, 0.15) is 10.8 Å². The highest BCUT2D eigenvalue weighted by molar-refractivity contribution is 7.21. The van der Waals surface area contributed by atoms with E-state index >= 15 is 0 Å². The number of hydrogen-bond acceptors (Lipinski definition) is 4. The van der Waals surface area contributed by atoms with Crippen LogP contribution in [0.3, 0.4) is 0 Å². The monoisotopic (exact) mass is 295 g/mol. The first-order valence-corrected chi connectivity index (χ1v) is 7.29. The summed E-state index contributed by atoms with van der Waals surface area (Å²) in [5, 5.41) is 0.835. The van der Waals surface area contributed by atoms with E-state index in [2.05, 4.69) is 11.6 Å². The Labute approximate surface area is 126 Å². The summed E-state index contributed by atoms with van der Waals surface area (Å²) in [6, 6.07) is 15.3. The zero-order chi connectivity index (χ0) is 14.8. The third-order valence-electron chi connectivity index (χ3n) is 2.96. The molecule has 0 saturated heterocycles. The summed E-state index contributed by atoms with van der Waals surface area (Å²) in [6.45, 7) is 5.23. The van der Waals surface area contributed by atoms with Gasteiger partial charge in [-0.15, -0.1) is 11.3 Å². The molecule has 0 aliphatic rings. The van der Waals surface area contributed by atoms with Crippen LogP contribution < -0.4 is 4.74 Å². The van der Waals surface area contributed by atoms with Gasteiger partial charge in [0.2, 0.25) is 0 Å². The fourth-order valence-electron chi connectivity index (χ4n) is 1.91. The van der Waals surface area contributed by atoms with Gasteiger partial charge in [0.05, 0.1) is 15.8 Å². The van der Waals surface area contributed by atoms with E-state index in [-0.39, 0.29) is 0 Å². The van der Waals surface area contributed by atoms with Gasteiger partial charge in [0.25, 0.3) is 0 Å². The Bertz CT molecular complexity index is 802. The zero-order valence-electron chi connectivity index (χ0n) is 11.5. The summed E-state index contributed by atoms with van der Waals surface area (Å²) >= 11 is 1.58. The number of ether oxygens (including phenoxy) is 1. The van der Waals surface area contributed by atoms with Gasteiger partial charge in [-0.25, -0.2) is 9.78 Å². The minimum Gasteiger partial charge on any atom is -0.422 e. The van der Waals surface area contributed by atoms with Crippen LogP contribution in [-0.2, 0) is 4.79 Å². The van der Waals surface area contributed by atoms with Gasteiger partial charge in [-0.05, 0) is 31.2 Å². The topological polar surface area (TPSA) is 39.2 Å². The number of nitrogens with zero attached hydrogens (tertiary/aromatic N) is 1. The number of carbonyl (C=O) groups is 1. The van der Waals surface area contributed by atoms with Gasteiger partial charge in [-0.2, -0.15) is 0 Å². The maximum absolute atomic E-state index is 11.7. The molecule has 0 amide bonds. The molecule has 3 aromatic rings. The van der Waals surface area contributed by atoms with Crippen molar-refractivity contribution in [3.63, 3.8) is 0 Å². The molecule has 1 heterocycles. The minimum atomic E-state index is -0.427. The molecule has 3 nitrogen and oxygen atoms in total. The van der Waals surface area contributed by atoms with Crippen LogP contribution in [0.1, 0.15) is 6.92 Å². The van der Waals surface area contributed by atoms with Crippen LogP contribution in [0, 0.1) is 0 Å². The predicted molar refractivity (Wildman–Crippen MR) is 85.5 cm³/mol. The maximum atomic E-state index is 11.7. The van der Waals surface area contributed by atoms with Crippen molar-refractivity contribution in [1.29, 1.82) is 0 Å². The largest absolute Gasteiger partial charge is 0.422 e. The lowest BCUT2D eigenvalue weighted by atomic mass is 10.2. The molecule has 0 radical (unpaired) electrons. The highest BCUT2D eigenvalue weighted by Gasteiger charge is 2.14. The molecule has 4 heteroatoms. The first-order chi connectivity index (χ1) is 10.1. The quantitative estimate of drug-likeness (QED) is 0.407. The molecular weight excluding hydrogens is 282 g/mol. The number of fused-ring (bicyclic) bond motifs is 1. The third-order valence-corrected chi connectivity index (χ3v) is 4.03. The van der Waals surface area contributed by atoms with E-state index in [0.29, 0.717) is 11.3 Å². The van der Waals surface area contributed by atoms with E-state index in [1.807, 2.05) is 42.5 Å². The van der Waals surface area contributed by atoms with E-state index in [1.165, 1.54) is 0 Å². The van der Waals surface area contributed by atoms with Gasteiger partial charge in [0, 0.05) is 5.57 Å². The number of esters is 1. The predicted octanol–water partition coefficient (Wildman–Crippen LogP) is 4.44. The Balaban J connectivity index is 2.05. The van der Waals surface area contributed by atoms with Crippen molar-refractivity contribution < 1.29 is 9.53 Å². The maximum Gasteiger partial charge on any atom is 0.338 e. The number of para-hydroxylation sites is 2. The Hall–Kier alpha value is -2.46. The van der Waals surface area contributed by atoms with Gasteiger partial charge >= 0.3 is 5.97 Å². The molecule has 1 aromatic heterocycles. The fraction of sp³-hybridized carbons (Fsp3) is 0.0588. The summed E-state index contributed by atoms with van der Waals surface area (Å²) in [7, 11) is 0. The van der Waals surface area contributed by atoms with Crippen molar-refractivity contribution in [2.24, 2.45) is 0 Å². The van der Waals surface area contributed by atoms with E-state index < -0.39 is 5.97 Å². The smallest absolute Gasteiger partial charge is 0.338 e. The number of thiazole rings is 1. The van der Waals surface area contributed by atoms with Crippen LogP contribution in [0.4, 0.5) is 0 Å². The zero-order valence-corrected chi connectivity index (χ0v) is 12.3. The van der Waals surface area contributed by atoms with Crippen LogP contribution in [0.15, 0.2) is 60.7 Å². The van der Waals surface area contributed by atoms with E-state index in [4.69, 9.17) is 4.74 Å². The van der Waals surface area contributed by atoms with Crippen LogP contribution in [0.2, 0.25) is 0 Å². The van der Waals surface area contributed by atoms with Crippen LogP contribution >= 0.6 is 11.3 Å². The van der Waals surface area contributed by atoms with Gasteiger partial charge in [-0.3, -0.25) is 0 Å². The average molecular weight is 295 g/mol. The Kier molecular flexibility index (Phi) is 3.54. The van der Waals surface area contributed by atoms with Gasteiger partial charge in [-0.1, -0.05) is 30.8 Å². The van der Waals surface area contributed by atoms with E-state index in [0.717, 1.165) is 20.8 Å². The molecule has 0 aliphatic carbocycles. The van der Waals surface area contributed by atoms with Crippen LogP contribution in [-0.4, -0.2) is 11.0 Å². The van der Waals surface area contributed by atoms with Crippen LogP contribution in [0.25, 0.3) is 20.8 Å². The molecule has 3 rings (SSSR count). The molecule has 0 aliphatic heterocycles. The number of rotatable bonds is 3. The Morgan fingerprint density at radius 2 is 1.86 bits per heavy atom. The summed E-state index contributed by atoms with van der Waals surface area (Å²) in [4.78, 5) is 16.3. The lowest BCUT2D eigenvalue weighted by Gasteiger charge is -2.07. The molecule has 0 atom stereocenters. The highest BCUT2D eigenvalue weighted by atomic mass is 32.1. The second-order valence-electron chi connectivity index (χ2n) is 4.65. The summed E-state index contributed by atoms with van der Waals surface area (Å²) < 4.78 is 6.49. The number of aromatic nitrogens is 1. The summed E-state index contributed by atoms with van der Waals surface area (Å²) in [5.41, 5.74) is 2.13. The van der Waals surface area contributed by atoms with Gasteiger partial charge in [0.15, 0.2) is 0 Å². The Morgan fingerprint density at radius 3 is 2.62 bits per heavy atom. The highest BCUT2D eigenvalue weighted by Crippen LogP contribution is 2.35. The average Bonchev–Trinajstić information content (AvgIpc) is 2.91. The first kappa shape index (κ1) is 13.5. The molecule has 0 saturated carbocycles. The molecule has 0 spiro atoms. The van der Waals surface area contributed by atoms with Crippen molar-refractivity contribution in [3.8, 4) is 16.3 Å². The molecule has 104 valence electrons. The van der Waals surface area contributed by atoms with E-state index in [1.54, 1.807) is 24.3 Å². The first-order valence-electron chi connectivity index (χ1n) is 6.48. The minimum absolute atomic E-state index is 0.370. The molecule has 0 bridgehead atoms. The van der Waals surface area contributed by atoms with Crippen molar-refractivity contribution >= 4 is 27.5 Å². The Morgan fingerprint density at radius 1 is 1.14 bits per heavy atom. The second-order valence-corrected chi connectivity index (χ2v) is 5.68. The molecule has 0 fully saturated rings. The normalized spacial score (nSPS) is 10.5. The molecular formula is C17H13NO2S. The van der Waals surface area contributed by atoms with Crippen LogP contribution in [0.5, 0.6) is 5.75 Å². The van der Waals surface area contributed by atoms with E-state index in [9.17, 15) is 4.79 Å². The SMILES string of the molecule is C=C(C)C(=O)Oc1ccccc1-c1nc2ccccc2s1. The molecule has 2 aromatic carbocycles. The lowest BCUT2D eigenvalue weighted by molar-refractivity contribution is -0.130. The number of benzene rings is 2.